The van der Waals surface area contributed by atoms with Gasteiger partial charge in [-0.2, -0.15) is 0 Å². The van der Waals surface area contributed by atoms with Crippen LogP contribution in [0.2, 0.25) is 0 Å². The smallest absolute Gasteiger partial charge is 0.250 e. The largest absolute Gasteiger partial charge is 0.378 e. The molecule has 0 saturated carbocycles. The summed E-state index contributed by atoms with van der Waals surface area (Å²) in [5.41, 5.74) is 3.26. The van der Waals surface area contributed by atoms with E-state index in [1.54, 1.807) is 4.90 Å². The van der Waals surface area contributed by atoms with Gasteiger partial charge < -0.3 is 24.8 Å². The first-order valence-electron chi connectivity index (χ1n) is 11.6. The Kier molecular flexibility index (Phi) is 5.81. The number of para-hydroxylation sites is 1. The summed E-state index contributed by atoms with van der Waals surface area (Å²) in [6, 6.07) is 16.1. The van der Waals surface area contributed by atoms with Crippen LogP contribution in [0.25, 0.3) is 10.9 Å². The van der Waals surface area contributed by atoms with Crippen LogP contribution in [0.4, 0.5) is 11.4 Å². The number of amides is 2. The Morgan fingerprint density at radius 3 is 2.67 bits per heavy atom. The van der Waals surface area contributed by atoms with E-state index in [9.17, 15) is 9.59 Å². The minimum atomic E-state index is -0.855. The van der Waals surface area contributed by atoms with E-state index >= 15 is 0 Å². The predicted molar refractivity (Wildman–Crippen MR) is 129 cm³/mol. The fourth-order valence-electron chi connectivity index (χ4n) is 4.92. The number of rotatable bonds is 6. The van der Waals surface area contributed by atoms with Gasteiger partial charge in [-0.3, -0.25) is 9.59 Å². The molecule has 2 fully saturated rings. The van der Waals surface area contributed by atoms with Gasteiger partial charge in [0.05, 0.1) is 13.2 Å². The second kappa shape index (κ2) is 8.90. The van der Waals surface area contributed by atoms with Crippen LogP contribution in [0.15, 0.2) is 54.7 Å². The molecule has 2 aliphatic rings. The highest BCUT2D eigenvalue weighted by atomic mass is 16.5. The molecule has 0 aliphatic carbocycles. The van der Waals surface area contributed by atoms with E-state index in [1.807, 2.05) is 55.6 Å². The number of ether oxygens (including phenoxy) is 1. The lowest BCUT2D eigenvalue weighted by molar-refractivity contribution is -0.137. The number of carbonyl (C=O) groups is 2. The average Bonchev–Trinajstić information content (AvgIpc) is 3.39. The Morgan fingerprint density at radius 2 is 1.88 bits per heavy atom. The van der Waals surface area contributed by atoms with Crippen molar-refractivity contribution >= 4 is 34.1 Å². The van der Waals surface area contributed by atoms with Crippen LogP contribution in [0.5, 0.6) is 0 Å². The molecule has 2 amide bonds. The maximum atomic E-state index is 13.3. The number of hydrogen-bond donors (Lipinski definition) is 2. The molecule has 3 aromatic rings. The number of aromatic nitrogens is 1. The maximum absolute atomic E-state index is 13.3. The summed E-state index contributed by atoms with van der Waals surface area (Å²) in [6.45, 7) is 5.61. The van der Waals surface area contributed by atoms with E-state index in [1.165, 1.54) is 0 Å². The monoisotopic (exact) mass is 446 g/mol. The minimum Gasteiger partial charge on any atom is -0.378 e. The van der Waals surface area contributed by atoms with Crippen molar-refractivity contribution in [2.24, 2.45) is 0 Å². The molecule has 3 heterocycles. The van der Waals surface area contributed by atoms with E-state index in [0.29, 0.717) is 25.8 Å². The number of morpholine rings is 1. The Labute approximate surface area is 193 Å². The third-order valence-corrected chi connectivity index (χ3v) is 6.99. The highest BCUT2D eigenvalue weighted by molar-refractivity contribution is 6.02. The first-order chi connectivity index (χ1) is 16.0. The summed E-state index contributed by atoms with van der Waals surface area (Å²) < 4.78 is 5.42. The SMILES string of the molecule is C[C@@]1(C(=O)Nc2ccc(N3CCOCC3)cc2)CCC(=O)N1CCc1c[nH]c2ccccc12. The summed E-state index contributed by atoms with van der Waals surface area (Å²) in [5, 5.41) is 4.21. The molecule has 0 spiro atoms. The summed E-state index contributed by atoms with van der Waals surface area (Å²) in [7, 11) is 0. The highest BCUT2D eigenvalue weighted by Crippen LogP contribution is 2.32. The minimum absolute atomic E-state index is 0.0372. The zero-order valence-electron chi connectivity index (χ0n) is 19.0. The van der Waals surface area contributed by atoms with Gasteiger partial charge in [-0.05, 0) is 55.7 Å². The number of fused-ring (bicyclic) bond motifs is 1. The number of benzene rings is 2. The van der Waals surface area contributed by atoms with Gasteiger partial charge in [-0.25, -0.2) is 0 Å². The molecule has 172 valence electrons. The Balaban J connectivity index is 1.26. The van der Waals surface area contributed by atoms with Crippen molar-refractivity contribution < 1.29 is 14.3 Å². The van der Waals surface area contributed by atoms with Crippen LogP contribution in [0, 0.1) is 0 Å². The van der Waals surface area contributed by atoms with Crippen LogP contribution in [-0.2, 0) is 20.7 Å². The van der Waals surface area contributed by atoms with Crippen LogP contribution in [-0.4, -0.2) is 60.1 Å². The Hall–Kier alpha value is -3.32. The lowest BCUT2D eigenvalue weighted by Gasteiger charge is -2.34. The number of likely N-dealkylation sites (tertiary alicyclic amines) is 1. The molecule has 0 radical (unpaired) electrons. The molecule has 7 heteroatoms. The standard InChI is InChI=1S/C26H30N4O3/c1-26(25(32)28-20-6-8-21(9-7-20)29-14-16-33-17-15-29)12-10-24(31)30(26)13-11-19-18-27-23-5-3-2-4-22(19)23/h2-9,18,27H,10-17H2,1H3,(H,28,32)/t26-/m0/s1. The molecule has 2 saturated heterocycles. The fraction of sp³-hybridized carbons (Fsp3) is 0.385. The fourth-order valence-corrected chi connectivity index (χ4v) is 4.92. The molecule has 1 aromatic heterocycles. The van der Waals surface area contributed by atoms with Gasteiger partial charge in [0.2, 0.25) is 11.8 Å². The third-order valence-electron chi connectivity index (χ3n) is 6.99. The second-order valence-electron chi connectivity index (χ2n) is 9.03. The van der Waals surface area contributed by atoms with Crippen LogP contribution < -0.4 is 10.2 Å². The zero-order chi connectivity index (χ0) is 22.8. The summed E-state index contributed by atoms with van der Waals surface area (Å²) in [4.78, 5) is 33.3. The molecule has 0 bridgehead atoms. The van der Waals surface area contributed by atoms with E-state index in [-0.39, 0.29) is 11.8 Å². The number of H-pyrrole nitrogens is 1. The van der Waals surface area contributed by atoms with Gasteiger partial charge in [-0.1, -0.05) is 18.2 Å². The van der Waals surface area contributed by atoms with Crippen molar-refractivity contribution in [3.8, 4) is 0 Å². The summed E-state index contributed by atoms with van der Waals surface area (Å²) in [6.07, 6.45) is 3.62. The van der Waals surface area contributed by atoms with E-state index < -0.39 is 5.54 Å². The number of anilines is 2. The van der Waals surface area contributed by atoms with Gasteiger partial charge in [-0.15, -0.1) is 0 Å². The van der Waals surface area contributed by atoms with Gasteiger partial charge in [0.15, 0.2) is 0 Å². The molecule has 33 heavy (non-hydrogen) atoms. The van der Waals surface area contributed by atoms with Gasteiger partial charge in [0, 0.05) is 54.5 Å². The lowest BCUT2D eigenvalue weighted by atomic mass is 9.97. The van der Waals surface area contributed by atoms with Gasteiger partial charge >= 0.3 is 0 Å². The highest BCUT2D eigenvalue weighted by Gasteiger charge is 2.47. The van der Waals surface area contributed by atoms with Crippen molar-refractivity contribution in [3.05, 3.63) is 60.3 Å². The number of nitrogens with one attached hydrogen (secondary N) is 2. The van der Waals surface area contributed by atoms with Gasteiger partial charge in [0.1, 0.15) is 5.54 Å². The number of aromatic amines is 1. The molecular formula is C26H30N4O3. The Bertz CT molecular complexity index is 1150. The van der Waals surface area contributed by atoms with Crippen LogP contribution in [0.3, 0.4) is 0 Å². The van der Waals surface area contributed by atoms with Crippen molar-refractivity contribution in [3.63, 3.8) is 0 Å². The lowest BCUT2D eigenvalue weighted by Crippen LogP contribution is -2.52. The molecular weight excluding hydrogens is 416 g/mol. The Morgan fingerprint density at radius 1 is 1.12 bits per heavy atom. The van der Waals surface area contributed by atoms with Crippen molar-refractivity contribution in [2.45, 2.75) is 31.7 Å². The molecule has 2 N–H and O–H groups in total. The van der Waals surface area contributed by atoms with Crippen molar-refractivity contribution in [2.75, 3.05) is 43.1 Å². The summed E-state index contributed by atoms with van der Waals surface area (Å²) in [5.74, 6) is -0.0958. The number of nitrogens with zero attached hydrogens (tertiary/aromatic N) is 2. The normalized spacial score (nSPS) is 21.1. The van der Waals surface area contributed by atoms with E-state index in [4.69, 9.17) is 4.74 Å². The molecule has 5 rings (SSSR count). The first kappa shape index (κ1) is 21.5. The van der Waals surface area contributed by atoms with E-state index in [0.717, 1.165) is 54.1 Å². The molecule has 1 atom stereocenters. The van der Waals surface area contributed by atoms with Crippen molar-refractivity contribution in [1.29, 1.82) is 0 Å². The third kappa shape index (κ3) is 4.20. The molecule has 2 aromatic carbocycles. The van der Waals surface area contributed by atoms with Crippen LogP contribution in [0.1, 0.15) is 25.3 Å². The quantitative estimate of drug-likeness (QED) is 0.607. The van der Waals surface area contributed by atoms with E-state index in [2.05, 4.69) is 21.3 Å². The average molecular weight is 447 g/mol. The second-order valence-corrected chi connectivity index (χ2v) is 9.03. The summed E-state index contributed by atoms with van der Waals surface area (Å²) >= 11 is 0. The zero-order valence-corrected chi connectivity index (χ0v) is 19.0. The number of hydrogen-bond acceptors (Lipinski definition) is 4. The molecule has 2 aliphatic heterocycles. The number of carbonyl (C=O) groups excluding carboxylic acids is 2. The van der Waals surface area contributed by atoms with Crippen LogP contribution >= 0.6 is 0 Å². The molecule has 0 unspecified atom stereocenters. The molecule has 7 nitrogen and oxygen atoms in total. The maximum Gasteiger partial charge on any atom is 0.250 e. The van der Waals surface area contributed by atoms with Crippen molar-refractivity contribution in [1.82, 2.24) is 9.88 Å². The topological polar surface area (TPSA) is 77.7 Å². The predicted octanol–water partition coefficient (Wildman–Crippen LogP) is 3.57. The first-order valence-corrected chi connectivity index (χ1v) is 11.6. The van der Waals surface area contributed by atoms with Gasteiger partial charge in [0.25, 0.3) is 0 Å².